The first-order chi connectivity index (χ1) is 12.4. The molecule has 0 aliphatic carbocycles. The van der Waals surface area contributed by atoms with Crippen molar-refractivity contribution < 1.29 is 19.2 Å². The normalized spacial score (nSPS) is 11.7. The van der Waals surface area contributed by atoms with E-state index in [9.17, 15) is 19.7 Å². The van der Waals surface area contributed by atoms with Crippen molar-refractivity contribution in [3.63, 3.8) is 0 Å². The zero-order valence-corrected chi connectivity index (χ0v) is 16.4. The Morgan fingerprint density at radius 3 is 2.69 bits per heavy atom. The molecule has 0 aliphatic rings. The van der Waals surface area contributed by atoms with Crippen molar-refractivity contribution in [2.24, 2.45) is 4.99 Å². The number of thiophene rings is 1. The summed E-state index contributed by atoms with van der Waals surface area (Å²) in [5.41, 5.74) is 0.322. The number of methoxy groups -OCH3 is 1. The second kappa shape index (κ2) is 7.48. The molecule has 8 nitrogen and oxygen atoms in total. The van der Waals surface area contributed by atoms with Crippen LogP contribution in [0.2, 0.25) is 0 Å². The first-order valence-corrected chi connectivity index (χ1v) is 9.50. The summed E-state index contributed by atoms with van der Waals surface area (Å²) in [6.07, 6.45) is 0. The van der Waals surface area contributed by atoms with Crippen LogP contribution in [-0.4, -0.2) is 28.5 Å². The number of aromatic nitrogens is 1. The summed E-state index contributed by atoms with van der Waals surface area (Å²) in [6.45, 7) is -0.210. The van der Waals surface area contributed by atoms with Crippen LogP contribution in [0.5, 0.6) is 0 Å². The number of amides is 1. The number of nitrogens with zero attached hydrogens (tertiary/aromatic N) is 3. The maximum atomic E-state index is 12.4. The second-order valence-electron chi connectivity index (χ2n) is 4.98. The van der Waals surface area contributed by atoms with Gasteiger partial charge < -0.3 is 9.30 Å². The van der Waals surface area contributed by atoms with E-state index < -0.39 is 16.8 Å². The van der Waals surface area contributed by atoms with E-state index in [1.165, 1.54) is 35.1 Å². The van der Waals surface area contributed by atoms with Gasteiger partial charge in [0.25, 0.3) is 11.6 Å². The molecule has 3 aromatic rings. The Balaban J connectivity index is 2.18. The molecule has 0 aliphatic heterocycles. The lowest BCUT2D eigenvalue weighted by atomic mass is 10.3. The molecule has 26 heavy (non-hydrogen) atoms. The number of rotatable bonds is 4. The van der Waals surface area contributed by atoms with Gasteiger partial charge in [0.15, 0.2) is 4.80 Å². The number of non-ortho nitro benzene ring substituents is 1. The topological polar surface area (TPSA) is 104 Å². The van der Waals surface area contributed by atoms with Crippen molar-refractivity contribution in [2.45, 2.75) is 6.54 Å². The van der Waals surface area contributed by atoms with Crippen LogP contribution < -0.4 is 4.80 Å². The summed E-state index contributed by atoms with van der Waals surface area (Å²) >= 11 is 5.69. The largest absolute Gasteiger partial charge is 0.468 e. The number of thiazole rings is 1. The van der Waals surface area contributed by atoms with E-state index in [1.54, 1.807) is 18.2 Å². The van der Waals surface area contributed by atoms with Gasteiger partial charge in [-0.1, -0.05) is 11.3 Å². The average molecular weight is 456 g/mol. The molecule has 1 amide bonds. The summed E-state index contributed by atoms with van der Waals surface area (Å²) in [4.78, 5) is 39.4. The highest BCUT2D eigenvalue weighted by Gasteiger charge is 2.16. The quantitative estimate of drug-likeness (QED) is 0.340. The van der Waals surface area contributed by atoms with Crippen LogP contribution in [-0.2, 0) is 16.1 Å². The van der Waals surface area contributed by atoms with Crippen LogP contribution in [0.3, 0.4) is 0 Å². The van der Waals surface area contributed by atoms with Crippen molar-refractivity contribution in [2.75, 3.05) is 7.11 Å². The van der Waals surface area contributed by atoms with E-state index in [-0.39, 0.29) is 17.0 Å². The SMILES string of the molecule is COC(=O)Cn1c(=NC(=O)c2ccc(Br)s2)sc2ccc([N+](=O)[O-])cc21. The van der Waals surface area contributed by atoms with E-state index >= 15 is 0 Å². The summed E-state index contributed by atoms with van der Waals surface area (Å²) in [5.74, 6) is -1.01. The van der Waals surface area contributed by atoms with Gasteiger partial charge in [-0.25, -0.2) is 0 Å². The van der Waals surface area contributed by atoms with E-state index in [0.29, 0.717) is 15.1 Å². The van der Waals surface area contributed by atoms with E-state index in [2.05, 4.69) is 25.7 Å². The van der Waals surface area contributed by atoms with Gasteiger partial charge in [0, 0.05) is 12.1 Å². The van der Waals surface area contributed by atoms with E-state index in [4.69, 9.17) is 0 Å². The first-order valence-electron chi connectivity index (χ1n) is 7.08. The number of nitro benzene ring substituents is 1. The van der Waals surface area contributed by atoms with Gasteiger partial charge >= 0.3 is 5.97 Å². The Kier molecular flexibility index (Phi) is 5.30. The molecular weight excluding hydrogens is 446 g/mol. The summed E-state index contributed by atoms with van der Waals surface area (Å²) in [5, 5.41) is 11.0. The summed E-state index contributed by atoms with van der Waals surface area (Å²) in [7, 11) is 1.24. The third-order valence-corrected chi connectivity index (χ3v) is 6.04. The fourth-order valence-corrected chi connectivity index (χ4v) is 4.45. The van der Waals surface area contributed by atoms with Crippen LogP contribution in [0.25, 0.3) is 10.2 Å². The smallest absolute Gasteiger partial charge is 0.325 e. The lowest BCUT2D eigenvalue weighted by Crippen LogP contribution is -2.22. The van der Waals surface area contributed by atoms with Crippen molar-refractivity contribution in [3.05, 3.63) is 53.9 Å². The molecular formula is C15H10BrN3O5S2. The van der Waals surface area contributed by atoms with Gasteiger partial charge in [-0.3, -0.25) is 19.7 Å². The zero-order valence-electron chi connectivity index (χ0n) is 13.2. The van der Waals surface area contributed by atoms with Gasteiger partial charge in [0.2, 0.25) is 0 Å². The van der Waals surface area contributed by atoms with Crippen molar-refractivity contribution in [3.8, 4) is 0 Å². The van der Waals surface area contributed by atoms with Crippen LogP contribution >= 0.6 is 38.6 Å². The highest BCUT2D eigenvalue weighted by Crippen LogP contribution is 2.24. The monoisotopic (exact) mass is 455 g/mol. The standard InChI is InChI=1S/C15H10BrN3O5S2/c1-24-13(20)7-18-9-6-8(19(22)23)2-3-10(9)26-15(18)17-14(21)11-4-5-12(16)25-11/h2-6H,7H2,1H3. The minimum Gasteiger partial charge on any atom is -0.468 e. The Hall–Kier alpha value is -2.37. The molecule has 0 radical (unpaired) electrons. The highest BCUT2D eigenvalue weighted by molar-refractivity contribution is 9.11. The number of fused-ring (bicyclic) bond motifs is 1. The lowest BCUT2D eigenvalue weighted by molar-refractivity contribution is -0.384. The second-order valence-corrected chi connectivity index (χ2v) is 8.45. The molecule has 2 heterocycles. The Morgan fingerprint density at radius 1 is 1.31 bits per heavy atom. The van der Waals surface area contributed by atoms with Crippen LogP contribution in [0, 0.1) is 10.1 Å². The third-order valence-electron chi connectivity index (χ3n) is 3.37. The number of halogens is 1. The molecule has 0 unspecified atom stereocenters. The molecule has 3 rings (SSSR count). The number of hydrogen-bond donors (Lipinski definition) is 0. The van der Waals surface area contributed by atoms with Crippen molar-refractivity contribution in [1.29, 1.82) is 0 Å². The Morgan fingerprint density at radius 2 is 2.08 bits per heavy atom. The van der Waals surface area contributed by atoms with Gasteiger partial charge in [-0.15, -0.1) is 11.3 Å². The predicted molar refractivity (Wildman–Crippen MR) is 100 cm³/mol. The summed E-state index contributed by atoms with van der Waals surface area (Å²) in [6, 6.07) is 7.66. The van der Waals surface area contributed by atoms with E-state index in [0.717, 1.165) is 15.1 Å². The molecule has 0 saturated carbocycles. The van der Waals surface area contributed by atoms with Crippen LogP contribution in [0.1, 0.15) is 9.67 Å². The highest BCUT2D eigenvalue weighted by atomic mass is 79.9. The number of hydrogen-bond acceptors (Lipinski definition) is 7. The first kappa shape index (κ1) is 18.4. The number of ether oxygens (including phenoxy) is 1. The Labute approximate surface area is 162 Å². The minimum absolute atomic E-state index is 0.117. The summed E-state index contributed by atoms with van der Waals surface area (Å²) < 4.78 is 7.58. The number of esters is 1. The molecule has 0 fully saturated rings. The predicted octanol–water partition coefficient (Wildman–Crippen LogP) is 3.35. The number of carbonyl (C=O) groups is 2. The van der Waals surface area contributed by atoms with Gasteiger partial charge in [0.1, 0.15) is 6.54 Å². The van der Waals surface area contributed by atoms with Crippen LogP contribution in [0.4, 0.5) is 5.69 Å². The number of nitro groups is 1. The van der Waals surface area contributed by atoms with Crippen molar-refractivity contribution in [1.82, 2.24) is 4.57 Å². The third kappa shape index (κ3) is 3.74. The Bertz CT molecular complexity index is 1100. The molecule has 0 spiro atoms. The molecule has 0 N–H and O–H groups in total. The average Bonchev–Trinajstić information content (AvgIpc) is 3.18. The molecule has 134 valence electrons. The maximum absolute atomic E-state index is 12.4. The fraction of sp³-hybridized carbons (Fsp3) is 0.133. The molecule has 0 saturated heterocycles. The van der Waals surface area contributed by atoms with Gasteiger partial charge in [-0.05, 0) is 34.1 Å². The molecule has 2 aromatic heterocycles. The van der Waals surface area contributed by atoms with Gasteiger partial charge in [-0.2, -0.15) is 4.99 Å². The minimum atomic E-state index is -0.552. The van der Waals surface area contributed by atoms with E-state index in [1.807, 2.05) is 0 Å². The van der Waals surface area contributed by atoms with Crippen molar-refractivity contribution >= 4 is 66.4 Å². The fourth-order valence-electron chi connectivity index (χ4n) is 2.17. The number of carbonyl (C=O) groups excluding carboxylic acids is 2. The van der Waals surface area contributed by atoms with Crippen LogP contribution in [0.15, 0.2) is 39.1 Å². The molecule has 0 bridgehead atoms. The number of benzene rings is 1. The zero-order chi connectivity index (χ0) is 18.8. The van der Waals surface area contributed by atoms with Gasteiger partial charge in [0.05, 0.1) is 30.9 Å². The maximum Gasteiger partial charge on any atom is 0.325 e. The molecule has 1 aromatic carbocycles. The molecule has 0 atom stereocenters. The lowest BCUT2D eigenvalue weighted by Gasteiger charge is -2.03. The molecule has 11 heteroatoms.